The predicted molar refractivity (Wildman–Crippen MR) is 312 cm³/mol. The van der Waals surface area contributed by atoms with Crippen LogP contribution in [0.4, 0.5) is 0 Å². The summed E-state index contributed by atoms with van der Waals surface area (Å²) in [5.41, 5.74) is 22.7. The molecule has 0 saturated heterocycles. The van der Waals surface area contributed by atoms with Crippen LogP contribution in [0.1, 0.15) is 93.2 Å². The zero-order chi connectivity index (χ0) is 51.4. The van der Waals surface area contributed by atoms with E-state index < -0.39 is 0 Å². The number of hydrogen-bond acceptors (Lipinski definition) is 4. The summed E-state index contributed by atoms with van der Waals surface area (Å²) >= 11 is 0. The highest BCUT2D eigenvalue weighted by Gasteiger charge is 2.63. The van der Waals surface area contributed by atoms with Gasteiger partial charge >= 0.3 is 0 Å². The van der Waals surface area contributed by atoms with Gasteiger partial charge in [0.05, 0.1) is 0 Å². The molecule has 1 aliphatic heterocycles. The molecule has 1 aromatic heterocycles. The smallest absolute Gasteiger partial charge is 0.164 e. The largest absolute Gasteiger partial charge is 0.456 e. The molecule has 0 atom stereocenters. The molecule has 7 aliphatic rings. The summed E-state index contributed by atoms with van der Waals surface area (Å²) in [7, 11) is 0. The van der Waals surface area contributed by atoms with Crippen molar-refractivity contribution in [1.82, 2.24) is 15.0 Å². The Morgan fingerprint density at radius 1 is 0.338 bits per heavy atom. The molecule has 372 valence electrons. The Morgan fingerprint density at radius 3 is 1.65 bits per heavy atom. The van der Waals surface area contributed by atoms with Crippen LogP contribution in [0.3, 0.4) is 0 Å². The number of fused-ring (bicyclic) bond motifs is 9. The molecule has 4 heteroatoms. The lowest BCUT2D eigenvalue weighted by Gasteiger charge is -2.61. The van der Waals surface area contributed by atoms with E-state index in [1.54, 1.807) is 0 Å². The number of para-hydroxylation sites is 1. The number of rotatable bonds is 6. The van der Waals surface area contributed by atoms with E-state index in [1.807, 2.05) is 0 Å². The van der Waals surface area contributed by atoms with E-state index in [0.717, 1.165) is 62.3 Å². The normalized spacial score (nSPS) is 21.9. The average molecular weight is 994 g/mol. The van der Waals surface area contributed by atoms with Gasteiger partial charge < -0.3 is 4.74 Å². The van der Waals surface area contributed by atoms with Gasteiger partial charge in [-0.25, -0.2) is 15.0 Å². The zero-order valence-electron chi connectivity index (χ0n) is 44.1. The first kappa shape index (κ1) is 45.0. The van der Waals surface area contributed by atoms with Crippen LogP contribution in [0.2, 0.25) is 0 Å². The van der Waals surface area contributed by atoms with Crippen molar-refractivity contribution in [1.29, 1.82) is 0 Å². The average Bonchev–Trinajstić information content (AvgIpc) is 3.98. The maximum absolute atomic E-state index is 7.31. The molecule has 10 aromatic rings. The first-order valence-corrected chi connectivity index (χ1v) is 28.1. The fourth-order valence-electron chi connectivity index (χ4n) is 16.4. The molecule has 77 heavy (non-hydrogen) atoms. The molecule has 0 N–H and O–H groups in total. The standard InChI is InChI=1S/C73H59N3O/c1-71(2)62-27-13-14-28-64(62)77-67-63(71)34-32-56-59-42-50(30-33-61(59)73(66(56)67)51-36-43-35-44(38-51)39-52(73)37-43)69-74-68(49-22-15-21-48(40-49)53-24-16-25-55-54-23-11-12-26-60(54)72(3,4)65(53)55)75-70(76-69)57-31-29-47(45-17-7-5-8-18-45)41-58(57)46-19-9-6-10-20-46/h5-34,40-44,51-52H,35-39H2,1-4H3. The van der Waals surface area contributed by atoms with Gasteiger partial charge in [0.1, 0.15) is 11.5 Å². The molecule has 0 amide bonds. The van der Waals surface area contributed by atoms with Gasteiger partial charge in [-0.05, 0) is 158 Å². The second-order valence-electron chi connectivity index (χ2n) is 24.3. The van der Waals surface area contributed by atoms with E-state index in [-0.39, 0.29) is 16.2 Å². The zero-order valence-corrected chi connectivity index (χ0v) is 44.1. The summed E-state index contributed by atoms with van der Waals surface area (Å²) in [6.07, 6.45) is 6.57. The molecule has 4 bridgehead atoms. The van der Waals surface area contributed by atoms with Gasteiger partial charge in [0.25, 0.3) is 0 Å². The molecule has 4 saturated carbocycles. The van der Waals surface area contributed by atoms with Crippen LogP contribution in [0.15, 0.2) is 200 Å². The molecule has 4 fully saturated rings. The minimum atomic E-state index is -0.207. The molecule has 9 aromatic carbocycles. The van der Waals surface area contributed by atoms with Crippen LogP contribution >= 0.6 is 0 Å². The molecule has 0 radical (unpaired) electrons. The minimum absolute atomic E-state index is 0.112. The van der Waals surface area contributed by atoms with Crippen molar-refractivity contribution in [2.24, 2.45) is 23.7 Å². The Kier molecular flexibility index (Phi) is 9.59. The summed E-state index contributed by atoms with van der Waals surface area (Å²) in [5.74, 6) is 6.83. The highest BCUT2D eigenvalue weighted by Crippen LogP contribution is 2.72. The number of nitrogens with zero attached hydrogens (tertiary/aromatic N) is 3. The summed E-state index contributed by atoms with van der Waals surface area (Å²) in [4.78, 5) is 16.7. The van der Waals surface area contributed by atoms with Gasteiger partial charge in [0.2, 0.25) is 0 Å². The molecule has 2 heterocycles. The van der Waals surface area contributed by atoms with Crippen LogP contribution < -0.4 is 4.74 Å². The summed E-state index contributed by atoms with van der Waals surface area (Å²) in [6, 6.07) is 73.5. The molecule has 0 unspecified atom stereocenters. The predicted octanol–water partition coefficient (Wildman–Crippen LogP) is 18.3. The monoisotopic (exact) mass is 993 g/mol. The summed E-state index contributed by atoms with van der Waals surface area (Å²) in [6.45, 7) is 9.51. The van der Waals surface area contributed by atoms with Crippen molar-refractivity contribution in [2.45, 2.75) is 76.0 Å². The Morgan fingerprint density at radius 2 is 0.883 bits per heavy atom. The Labute approximate surface area is 452 Å². The highest BCUT2D eigenvalue weighted by atomic mass is 16.5. The van der Waals surface area contributed by atoms with Crippen molar-refractivity contribution < 1.29 is 4.74 Å². The maximum Gasteiger partial charge on any atom is 0.164 e. The van der Waals surface area contributed by atoms with Crippen molar-refractivity contribution in [3.8, 4) is 101 Å². The second kappa shape index (κ2) is 16.4. The lowest BCUT2D eigenvalue weighted by molar-refractivity contribution is -0.0406. The van der Waals surface area contributed by atoms with E-state index in [1.165, 1.54) is 98.9 Å². The van der Waals surface area contributed by atoms with E-state index >= 15 is 0 Å². The highest BCUT2D eigenvalue weighted by molar-refractivity contribution is 5.91. The third-order valence-electron chi connectivity index (χ3n) is 19.6. The molecule has 1 spiro atoms. The topological polar surface area (TPSA) is 47.9 Å². The van der Waals surface area contributed by atoms with Crippen LogP contribution in [0.25, 0.3) is 89.8 Å². The Balaban J connectivity index is 0.904. The summed E-state index contributed by atoms with van der Waals surface area (Å²) in [5, 5.41) is 0. The van der Waals surface area contributed by atoms with Crippen molar-refractivity contribution in [2.75, 3.05) is 0 Å². The number of hydrogen-bond donors (Lipinski definition) is 0. The first-order valence-electron chi connectivity index (χ1n) is 28.1. The molecule has 17 rings (SSSR count). The van der Waals surface area contributed by atoms with Crippen molar-refractivity contribution in [3.63, 3.8) is 0 Å². The van der Waals surface area contributed by atoms with Gasteiger partial charge in [-0.1, -0.05) is 198 Å². The van der Waals surface area contributed by atoms with E-state index in [2.05, 4.69) is 228 Å². The first-order chi connectivity index (χ1) is 37.6. The van der Waals surface area contributed by atoms with Gasteiger partial charge in [-0.3, -0.25) is 0 Å². The van der Waals surface area contributed by atoms with Gasteiger partial charge in [0.15, 0.2) is 17.5 Å². The maximum atomic E-state index is 7.31. The number of ether oxygens (including phenoxy) is 1. The van der Waals surface area contributed by atoms with E-state index in [9.17, 15) is 0 Å². The number of benzene rings is 9. The van der Waals surface area contributed by atoms with Gasteiger partial charge in [-0.2, -0.15) is 0 Å². The third kappa shape index (κ3) is 6.48. The third-order valence-corrected chi connectivity index (χ3v) is 19.6. The Bertz CT molecular complexity index is 4070. The molecule has 4 nitrogen and oxygen atoms in total. The lowest BCUT2D eigenvalue weighted by atomic mass is 9.43. The van der Waals surface area contributed by atoms with Crippen LogP contribution in [0.5, 0.6) is 11.5 Å². The van der Waals surface area contributed by atoms with Crippen LogP contribution in [-0.4, -0.2) is 15.0 Å². The number of aromatic nitrogens is 3. The Hall–Kier alpha value is -8.21. The lowest BCUT2D eigenvalue weighted by Crippen LogP contribution is -2.55. The van der Waals surface area contributed by atoms with E-state index in [4.69, 9.17) is 19.7 Å². The van der Waals surface area contributed by atoms with Gasteiger partial charge in [-0.15, -0.1) is 0 Å². The van der Waals surface area contributed by atoms with Crippen molar-refractivity contribution in [3.05, 3.63) is 234 Å². The quantitative estimate of drug-likeness (QED) is 0.167. The fraction of sp³-hybridized carbons (Fsp3) is 0.219. The molecule has 6 aliphatic carbocycles. The second-order valence-corrected chi connectivity index (χ2v) is 24.3. The van der Waals surface area contributed by atoms with Crippen LogP contribution in [0, 0.1) is 23.7 Å². The fourth-order valence-corrected chi connectivity index (χ4v) is 16.4. The molecular weight excluding hydrogens is 935 g/mol. The van der Waals surface area contributed by atoms with Gasteiger partial charge in [0, 0.05) is 49.6 Å². The minimum Gasteiger partial charge on any atom is -0.456 e. The van der Waals surface area contributed by atoms with E-state index in [0.29, 0.717) is 29.3 Å². The molecular formula is C73H59N3O. The van der Waals surface area contributed by atoms with Crippen LogP contribution in [-0.2, 0) is 16.2 Å². The summed E-state index contributed by atoms with van der Waals surface area (Å²) < 4.78 is 7.31. The van der Waals surface area contributed by atoms with Crippen molar-refractivity contribution >= 4 is 0 Å². The SMILES string of the molecule is CC1(C)c2ccccc2Oc2c1ccc1c2C2(c3ccc(-c4nc(-c5cccc(-c6cccc7c6C(C)(C)c6ccccc6-7)c5)nc(-c5ccc(-c6ccccc6)cc5-c5ccccc5)n4)cc3-1)C1CC3CC(C1)CC2C3.